The highest BCUT2D eigenvalue weighted by Crippen LogP contribution is 2.41. The summed E-state index contributed by atoms with van der Waals surface area (Å²) < 4.78 is 41.5. The third kappa shape index (κ3) is 4.63. The summed E-state index contributed by atoms with van der Waals surface area (Å²) in [6.45, 7) is -0.529. The number of carbonyl (C=O) groups excluding carboxylic acids is 2. The SMILES string of the molecule is CN(CC(=O)Nc1ccccc1Cl)C(=O)CC(O)(c1nccn1C)C(F)(F)F. The zero-order chi connectivity index (χ0) is 21.1. The second-order valence-electron chi connectivity index (χ2n) is 6.17. The molecule has 0 aliphatic heterocycles. The first-order valence-corrected chi connectivity index (χ1v) is 8.38. The van der Waals surface area contributed by atoms with Gasteiger partial charge in [-0.15, -0.1) is 0 Å². The molecule has 2 amide bonds. The van der Waals surface area contributed by atoms with Gasteiger partial charge in [-0.05, 0) is 12.1 Å². The van der Waals surface area contributed by atoms with Crippen LogP contribution in [0.1, 0.15) is 12.2 Å². The highest BCUT2D eigenvalue weighted by Gasteiger charge is 2.58. The Bertz CT molecular complexity index is 871. The Labute approximate surface area is 163 Å². The maximum Gasteiger partial charge on any atom is 0.425 e. The molecule has 28 heavy (non-hydrogen) atoms. The molecule has 11 heteroatoms. The van der Waals surface area contributed by atoms with Crippen LogP contribution in [0, 0.1) is 0 Å². The number of nitrogens with zero attached hydrogens (tertiary/aromatic N) is 3. The van der Waals surface area contributed by atoms with Gasteiger partial charge in [-0.2, -0.15) is 13.2 Å². The molecular formula is C17H18ClF3N4O3. The van der Waals surface area contributed by atoms with Crippen molar-refractivity contribution in [1.29, 1.82) is 0 Å². The Hall–Kier alpha value is -2.59. The molecule has 0 bridgehead atoms. The molecule has 152 valence electrons. The van der Waals surface area contributed by atoms with Gasteiger partial charge in [0.25, 0.3) is 0 Å². The minimum absolute atomic E-state index is 0.269. The van der Waals surface area contributed by atoms with Crippen molar-refractivity contribution in [3.63, 3.8) is 0 Å². The lowest BCUT2D eigenvalue weighted by Crippen LogP contribution is -2.48. The first kappa shape index (κ1) is 21.7. The second-order valence-corrected chi connectivity index (χ2v) is 6.58. The average molecular weight is 419 g/mol. The van der Waals surface area contributed by atoms with E-state index in [2.05, 4.69) is 10.3 Å². The van der Waals surface area contributed by atoms with Gasteiger partial charge in [0, 0.05) is 26.5 Å². The van der Waals surface area contributed by atoms with Crippen LogP contribution in [0.25, 0.3) is 0 Å². The van der Waals surface area contributed by atoms with Crippen LogP contribution in [-0.2, 0) is 22.2 Å². The topological polar surface area (TPSA) is 87.5 Å². The molecule has 1 unspecified atom stereocenters. The molecule has 2 N–H and O–H groups in total. The van der Waals surface area contributed by atoms with Crippen molar-refractivity contribution >= 4 is 29.1 Å². The summed E-state index contributed by atoms with van der Waals surface area (Å²) in [7, 11) is 2.42. The van der Waals surface area contributed by atoms with Crippen LogP contribution in [0.3, 0.4) is 0 Å². The predicted octanol–water partition coefficient (Wildman–Crippen LogP) is 2.31. The molecule has 2 aromatic rings. The van der Waals surface area contributed by atoms with E-state index in [9.17, 15) is 27.9 Å². The van der Waals surface area contributed by atoms with E-state index in [1.807, 2.05) is 0 Å². The number of aromatic nitrogens is 2. The van der Waals surface area contributed by atoms with E-state index in [4.69, 9.17) is 11.6 Å². The van der Waals surface area contributed by atoms with Gasteiger partial charge in [0.2, 0.25) is 17.4 Å². The molecule has 2 rings (SSSR count). The highest BCUT2D eigenvalue weighted by molar-refractivity contribution is 6.33. The maximum atomic E-state index is 13.5. The van der Waals surface area contributed by atoms with Crippen LogP contribution < -0.4 is 5.32 Å². The van der Waals surface area contributed by atoms with Crippen molar-refractivity contribution in [3.05, 3.63) is 47.5 Å². The molecule has 7 nitrogen and oxygen atoms in total. The summed E-state index contributed by atoms with van der Waals surface area (Å²) in [5, 5.41) is 13.0. The van der Waals surface area contributed by atoms with Crippen LogP contribution in [0.5, 0.6) is 0 Å². The van der Waals surface area contributed by atoms with Gasteiger partial charge in [0.05, 0.1) is 23.7 Å². The highest BCUT2D eigenvalue weighted by atomic mass is 35.5. The number of halogens is 4. The Morgan fingerprint density at radius 1 is 1.32 bits per heavy atom. The number of aryl methyl sites for hydroxylation is 1. The molecule has 0 fully saturated rings. The van der Waals surface area contributed by atoms with Gasteiger partial charge >= 0.3 is 6.18 Å². The molecule has 0 aliphatic carbocycles. The van der Waals surface area contributed by atoms with Crippen LogP contribution >= 0.6 is 11.6 Å². The van der Waals surface area contributed by atoms with E-state index in [-0.39, 0.29) is 5.02 Å². The number of carbonyl (C=O) groups is 2. The van der Waals surface area contributed by atoms with E-state index in [1.165, 1.54) is 19.3 Å². The first-order chi connectivity index (χ1) is 13.0. The Morgan fingerprint density at radius 3 is 2.50 bits per heavy atom. The molecule has 0 radical (unpaired) electrons. The number of para-hydroxylation sites is 1. The summed E-state index contributed by atoms with van der Waals surface area (Å²) >= 11 is 5.91. The Kier molecular flexibility index (Phi) is 6.35. The average Bonchev–Trinajstić information content (AvgIpc) is 3.02. The second kappa shape index (κ2) is 8.19. The summed E-state index contributed by atoms with van der Waals surface area (Å²) in [6, 6.07) is 6.36. The lowest BCUT2D eigenvalue weighted by molar-refractivity contribution is -0.271. The van der Waals surface area contributed by atoms with Crippen LogP contribution in [-0.4, -0.2) is 51.1 Å². The first-order valence-electron chi connectivity index (χ1n) is 8.01. The maximum absolute atomic E-state index is 13.5. The van der Waals surface area contributed by atoms with E-state index in [1.54, 1.807) is 18.2 Å². The largest absolute Gasteiger partial charge is 0.425 e. The molecule has 1 atom stereocenters. The van der Waals surface area contributed by atoms with Crippen LogP contribution in [0.2, 0.25) is 5.02 Å². The quantitative estimate of drug-likeness (QED) is 0.753. The number of amides is 2. The molecule has 0 spiro atoms. The molecule has 0 saturated carbocycles. The summed E-state index contributed by atoms with van der Waals surface area (Å²) in [4.78, 5) is 28.7. The van der Waals surface area contributed by atoms with Crippen molar-refractivity contribution < 1.29 is 27.9 Å². The van der Waals surface area contributed by atoms with E-state index < -0.39 is 42.4 Å². The third-order valence-corrected chi connectivity index (χ3v) is 4.35. The molecule has 0 aliphatic rings. The number of nitrogens with one attached hydrogen (secondary N) is 1. The number of hydrogen-bond donors (Lipinski definition) is 2. The number of likely N-dealkylation sites (N-methyl/N-ethyl adjacent to an activating group) is 1. The summed E-state index contributed by atoms with van der Waals surface area (Å²) in [5.41, 5.74) is -3.19. The van der Waals surface area contributed by atoms with Crippen molar-refractivity contribution in [2.45, 2.75) is 18.2 Å². The van der Waals surface area contributed by atoms with E-state index in [0.29, 0.717) is 5.69 Å². The van der Waals surface area contributed by atoms with Crippen molar-refractivity contribution in [2.75, 3.05) is 18.9 Å². The van der Waals surface area contributed by atoms with Gasteiger partial charge in [-0.3, -0.25) is 9.59 Å². The molecule has 1 aromatic heterocycles. The number of aliphatic hydroxyl groups is 1. The standard InChI is InChI=1S/C17H18ClF3N4O3/c1-24-8-7-22-15(24)16(28,17(19,20)21)9-14(27)25(2)10-13(26)23-12-6-4-3-5-11(12)18/h3-8,28H,9-10H2,1-2H3,(H,23,26). The minimum Gasteiger partial charge on any atom is -0.374 e. The number of benzene rings is 1. The van der Waals surface area contributed by atoms with Crippen LogP contribution in [0.15, 0.2) is 36.7 Å². The van der Waals surface area contributed by atoms with Crippen molar-refractivity contribution in [3.8, 4) is 0 Å². The fourth-order valence-electron chi connectivity index (χ4n) is 2.48. The molecular weight excluding hydrogens is 401 g/mol. The monoisotopic (exact) mass is 418 g/mol. The normalized spacial score (nSPS) is 13.7. The molecule has 1 heterocycles. The Balaban J connectivity index is 2.10. The van der Waals surface area contributed by atoms with Gasteiger partial charge in [-0.1, -0.05) is 23.7 Å². The minimum atomic E-state index is -5.15. The van der Waals surface area contributed by atoms with Gasteiger partial charge < -0.3 is 19.9 Å². The van der Waals surface area contributed by atoms with Crippen molar-refractivity contribution in [2.24, 2.45) is 7.05 Å². The fourth-order valence-corrected chi connectivity index (χ4v) is 2.66. The predicted molar refractivity (Wildman–Crippen MR) is 95.5 cm³/mol. The lowest BCUT2D eigenvalue weighted by Gasteiger charge is -2.30. The van der Waals surface area contributed by atoms with Gasteiger partial charge in [0.1, 0.15) is 0 Å². The number of imidazole rings is 1. The summed E-state index contributed by atoms with van der Waals surface area (Å²) in [5.74, 6) is -2.46. The van der Waals surface area contributed by atoms with Crippen LogP contribution in [0.4, 0.5) is 18.9 Å². The fraction of sp³-hybridized carbons (Fsp3) is 0.353. The Morgan fingerprint density at radius 2 is 1.96 bits per heavy atom. The molecule has 0 saturated heterocycles. The summed E-state index contributed by atoms with van der Waals surface area (Å²) in [6.07, 6.45) is -4.17. The smallest absolute Gasteiger partial charge is 0.374 e. The van der Waals surface area contributed by atoms with Gasteiger partial charge in [-0.25, -0.2) is 4.98 Å². The molecule has 1 aromatic carbocycles. The zero-order valence-electron chi connectivity index (χ0n) is 15.0. The zero-order valence-corrected chi connectivity index (χ0v) is 15.8. The van der Waals surface area contributed by atoms with E-state index >= 15 is 0 Å². The van der Waals surface area contributed by atoms with Crippen molar-refractivity contribution in [1.82, 2.24) is 14.5 Å². The number of anilines is 1. The van der Waals surface area contributed by atoms with E-state index in [0.717, 1.165) is 22.7 Å². The van der Waals surface area contributed by atoms with Gasteiger partial charge in [0.15, 0.2) is 5.82 Å². The number of alkyl halides is 3. The number of rotatable bonds is 6. The third-order valence-electron chi connectivity index (χ3n) is 4.02. The lowest BCUT2D eigenvalue weighted by atomic mass is 9.96. The number of hydrogen-bond acceptors (Lipinski definition) is 4.